The molecule has 3 N–H and O–H groups in total. The van der Waals surface area contributed by atoms with Gasteiger partial charge in [0.05, 0.1) is 25.0 Å². The van der Waals surface area contributed by atoms with Crippen LogP contribution in [-0.4, -0.2) is 25.5 Å². The van der Waals surface area contributed by atoms with Crippen molar-refractivity contribution in [1.82, 2.24) is 0 Å². The highest BCUT2D eigenvalue weighted by molar-refractivity contribution is 5.94. The van der Waals surface area contributed by atoms with Gasteiger partial charge in [-0.1, -0.05) is 0 Å². The summed E-state index contributed by atoms with van der Waals surface area (Å²) in [7, 11) is 1.46. The van der Waals surface area contributed by atoms with Crippen LogP contribution in [0.4, 0.5) is 25.8 Å². The molecule has 132 valence electrons. The van der Waals surface area contributed by atoms with Crippen LogP contribution in [0, 0.1) is 11.6 Å². The Morgan fingerprint density at radius 1 is 1.04 bits per heavy atom. The molecule has 2 aromatic rings. The summed E-state index contributed by atoms with van der Waals surface area (Å²) in [5.74, 6) is -1.75. The zero-order chi connectivity index (χ0) is 18.4. The van der Waals surface area contributed by atoms with E-state index in [9.17, 15) is 18.4 Å². The molecular formula is C17H17F2N3O3. The molecule has 2 amide bonds. The minimum atomic E-state index is -0.736. The number of anilines is 3. The Morgan fingerprint density at radius 2 is 1.80 bits per heavy atom. The van der Waals surface area contributed by atoms with Crippen LogP contribution in [0.3, 0.4) is 0 Å². The molecule has 0 atom stereocenters. The SMILES string of the molecule is COc1ccc(NC(C)=O)cc1NCC(=O)Nc1cc(F)ccc1F. The van der Waals surface area contributed by atoms with Crippen LogP contribution in [-0.2, 0) is 9.59 Å². The summed E-state index contributed by atoms with van der Waals surface area (Å²) in [6, 6.07) is 7.65. The third-order valence-corrected chi connectivity index (χ3v) is 3.16. The van der Waals surface area contributed by atoms with E-state index in [4.69, 9.17) is 4.74 Å². The molecule has 8 heteroatoms. The monoisotopic (exact) mass is 349 g/mol. The van der Waals surface area contributed by atoms with E-state index < -0.39 is 17.5 Å². The van der Waals surface area contributed by atoms with Gasteiger partial charge in [-0.25, -0.2) is 8.78 Å². The second-order valence-corrected chi connectivity index (χ2v) is 5.12. The van der Waals surface area contributed by atoms with Gasteiger partial charge in [0.1, 0.15) is 17.4 Å². The average Bonchev–Trinajstić information content (AvgIpc) is 2.56. The summed E-state index contributed by atoms with van der Waals surface area (Å²) in [5, 5.41) is 7.72. The van der Waals surface area contributed by atoms with Crippen LogP contribution in [0.2, 0.25) is 0 Å². The molecule has 0 heterocycles. The second-order valence-electron chi connectivity index (χ2n) is 5.12. The van der Waals surface area contributed by atoms with Gasteiger partial charge in [0, 0.05) is 18.7 Å². The average molecular weight is 349 g/mol. The van der Waals surface area contributed by atoms with Gasteiger partial charge in [0.25, 0.3) is 0 Å². The van der Waals surface area contributed by atoms with Crippen molar-refractivity contribution in [2.24, 2.45) is 0 Å². The van der Waals surface area contributed by atoms with Crippen LogP contribution >= 0.6 is 0 Å². The molecule has 0 spiro atoms. The van der Waals surface area contributed by atoms with Gasteiger partial charge in [-0.15, -0.1) is 0 Å². The largest absolute Gasteiger partial charge is 0.495 e. The second kappa shape index (κ2) is 8.09. The Labute approximate surface area is 143 Å². The third-order valence-electron chi connectivity index (χ3n) is 3.16. The minimum Gasteiger partial charge on any atom is -0.495 e. The fourth-order valence-corrected chi connectivity index (χ4v) is 2.09. The van der Waals surface area contributed by atoms with Crippen molar-refractivity contribution >= 4 is 28.9 Å². The fraction of sp³-hybridized carbons (Fsp3) is 0.176. The fourth-order valence-electron chi connectivity index (χ4n) is 2.09. The number of carbonyl (C=O) groups is 2. The molecule has 0 aliphatic heterocycles. The highest BCUT2D eigenvalue weighted by Crippen LogP contribution is 2.27. The quantitative estimate of drug-likeness (QED) is 0.749. The first-order chi connectivity index (χ1) is 11.9. The van der Waals surface area contributed by atoms with Gasteiger partial charge < -0.3 is 20.7 Å². The molecule has 0 radical (unpaired) electrons. The number of ether oxygens (including phenoxy) is 1. The number of carbonyl (C=O) groups excluding carboxylic acids is 2. The molecule has 0 aliphatic rings. The van der Waals surface area contributed by atoms with E-state index in [0.29, 0.717) is 17.1 Å². The van der Waals surface area contributed by atoms with E-state index in [1.54, 1.807) is 18.2 Å². The minimum absolute atomic E-state index is 0.212. The van der Waals surface area contributed by atoms with Crippen LogP contribution in [0.25, 0.3) is 0 Å². The van der Waals surface area contributed by atoms with Crippen molar-refractivity contribution in [2.45, 2.75) is 6.92 Å². The summed E-state index contributed by atoms with van der Waals surface area (Å²) >= 11 is 0. The smallest absolute Gasteiger partial charge is 0.243 e. The Hall–Kier alpha value is -3.16. The number of hydrogen-bond acceptors (Lipinski definition) is 4. The topological polar surface area (TPSA) is 79.5 Å². The number of methoxy groups -OCH3 is 1. The number of nitrogens with one attached hydrogen (secondary N) is 3. The maximum Gasteiger partial charge on any atom is 0.243 e. The molecule has 2 aromatic carbocycles. The predicted molar refractivity (Wildman–Crippen MR) is 90.8 cm³/mol. The summed E-state index contributed by atoms with van der Waals surface area (Å²) in [5.41, 5.74) is 0.738. The number of amides is 2. The molecule has 2 rings (SSSR count). The summed E-state index contributed by atoms with van der Waals surface area (Å²) in [6.45, 7) is 1.16. The highest BCUT2D eigenvalue weighted by atomic mass is 19.1. The normalized spacial score (nSPS) is 10.1. The molecule has 0 unspecified atom stereocenters. The number of halogens is 2. The van der Waals surface area contributed by atoms with Gasteiger partial charge in [-0.3, -0.25) is 9.59 Å². The predicted octanol–water partition coefficient (Wildman–Crippen LogP) is 2.98. The van der Waals surface area contributed by atoms with Crippen molar-refractivity contribution in [2.75, 3.05) is 29.6 Å². The lowest BCUT2D eigenvalue weighted by atomic mass is 10.2. The standard InChI is InChI=1S/C17H17F2N3O3/c1-10(23)21-12-4-6-16(25-2)15(8-12)20-9-17(24)22-14-7-11(18)3-5-13(14)19/h3-8,20H,9H2,1-2H3,(H,21,23)(H,22,24). The van der Waals surface area contributed by atoms with Gasteiger partial charge >= 0.3 is 0 Å². The Bertz CT molecular complexity index is 797. The van der Waals surface area contributed by atoms with Crippen molar-refractivity contribution < 1.29 is 23.1 Å². The third kappa shape index (κ3) is 5.17. The van der Waals surface area contributed by atoms with Crippen LogP contribution in [0.15, 0.2) is 36.4 Å². The lowest BCUT2D eigenvalue weighted by Crippen LogP contribution is -2.22. The van der Waals surface area contributed by atoms with E-state index in [2.05, 4.69) is 16.0 Å². The molecule has 0 saturated heterocycles. The summed E-state index contributed by atoms with van der Waals surface area (Å²) in [6.07, 6.45) is 0. The lowest BCUT2D eigenvalue weighted by molar-refractivity contribution is -0.115. The maximum absolute atomic E-state index is 13.5. The maximum atomic E-state index is 13.5. The molecule has 0 aromatic heterocycles. The molecular weight excluding hydrogens is 332 g/mol. The van der Waals surface area contributed by atoms with Crippen molar-refractivity contribution in [3.63, 3.8) is 0 Å². The number of benzene rings is 2. The number of rotatable bonds is 6. The molecule has 0 fully saturated rings. The molecule has 6 nitrogen and oxygen atoms in total. The van der Waals surface area contributed by atoms with E-state index in [0.717, 1.165) is 18.2 Å². The first-order valence-corrected chi connectivity index (χ1v) is 7.33. The van der Waals surface area contributed by atoms with Crippen LogP contribution < -0.4 is 20.7 Å². The molecule has 0 aliphatic carbocycles. The zero-order valence-electron chi connectivity index (χ0n) is 13.7. The van der Waals surface area contributed by atoms with Gasteiger partial charge in [0.15, 0.2) is 0 Å². The molecule has 25 heavy (non-hydrogen) atoms. The van der Waals surface area contributed by atoms with E-state index in [-0.39, 0.29) is 18.1 Å². The Morgan fingerprint density at radius 3 is 2.48 bits per heavy atom. The summed E-state index contributed by atoms with van der Waals surface area (Å²) in [4.78, 5) is 23.1. The molecule has 0 saturated carbocycles. The van der Waals surface area contributed by atoms with Gasteiger partial charge in [-0.05, 0) is 30.3 Å². The van der Waals surface area contributed by atoms with Crippen molar-refractivity contribution in [1.29, 1.82) is 0 Å². The summed E-state index contributed by atoms with van der Waals surface area (Å²) < 4.78 is 31.8. The highest BCUT2D eigenvalue weighted by Gasteiger charge is 2.10. The van der Waals surface area contributed by atoms with Gasteiger partial charge in [-0.2, -0.15) is 0 Å². The van der Waals surface area contributed by atoms with Crippen LogP contribution in [0.1, 0.15) is 6.92 Å². The van der Waals surface area contributed by atoms with Crippen LogP contribution in [0.5, 0.6) is 5.75 Å². The number of hydrogen-bond donors (Lipinski definition) is 3. The Kier molecular flexibility index (Phi) is 5.89. The van der Waals surface area contributed by atoms with Gasteiger partial charge in [0.2, 0.25) is 11.8 Å². The molecule has 0 bridgehead atoms. The van der Waals surface area contributed by atoms with E-state index in [1.165, 1.54) is 14.0 Å². The first kappa shape index (κ1) is 18.2. The van der Waals surface area contributed by atoms with Crippen molar-refractivity contribution in [3.05, 3.63) is 48.0 Å². The Balaban J connectivity index is 2.05. The zero-order valence-corrected chi connectivity index (χ0v) is 13.7. The van der Waals surface area contributed by atoms with E-state index >= 15 is 0 Å². The lowest BCUT2D eigenvalue weighted by Gasteiger charge is -2.13. The van der Waals surface area contributed by atoms with Crippen molar-refractivity contribution in [3.8, 4) is 5.75 Å². The van der Waals surface area contributed by atoms with E-state index in [1.807, 2.05) is 0 Å². The first-order valence-electron chi connectivity index (χ1n) is 7.33.